The van der Waals surface area contributed by atoms with Gasteiger partial charge in [-0.3, -0.25) is 0 Å². The molecule has 1 aliphatic rings. The molecule has 0 fully saturated rings. The molecule has 0 radical (unpaired) electrons. The molecule has 1 aliphatic carbocycles. The van der Waals surface area contributed by atoms with Crippen LogP contribution in [0.4, 0.5) is 0 Å². The van der Waals surface area contributed by atoms with Gasteiger partial charge in [0.25, 0.3) is 0 Å². The predicted molar refractivity (Wildman–Crippen MR) is 123 cm³/mol. The Balaban J connectivity index is 1.96. The van der Waals surface area contributed by atoms with Gasteiger partial charge >= 0.3 is 174 Å². The third-order valence-electron chi connectivity index (χ3n) is 5.50. The summed E-state index contributed by atoms with van der Waals surface area (Å²) in [6.07, 6.45) is 9.37. The summed E-state index contributed by atoms with van der Waals surface area (Å²) in [5.41, 5.74) is 0. The van der Waals surface area contributed by atoms with Crippen LogP contribution in [0.15, 0.2) is 115 Å². The summed E-state index contributed by atoms with van der Waals surface area (Å²) in [6, 6.07) is 34.0. The molecule has 0 atom stereocenters. The first kappa shape index (κ1) is 19.4. The van der Waals surface area contributed by atoms with Crippen LogP contribution >= 0.6 is 0 Å². The van der Waals surface area contributed by atoms with Gasteiger partial charge in [0, 0.05) is 0 Å². The van der Waals surface area contributed by atoms with Gasteiger partial charge in [-0.2, -0.15) is 0 Å². The fourth-order valence-corrected chi connectivity index (χ4v) is 26.7. The Morgan fingerprint density at radius 2 is 0.964 bits per heavy atom. The van der Waals surface area contributed by atoms with E-state index in [1.807, 2.05) is 0 Å². The molecule has 0 bridgehead atoms. The number of hydrogen-bond donors (Lipinski definition) is 0. The van der Waals surface area contributed by atoms with Crippen LogP contribution in [0, 0.1) is 0 Å². The van der Waals surface area contributed by atoms with E-state index in [1.165, 1.54) is 20.0 Å². The Kier molecular flexibility index (Phi) is 5.67. The summed E-state index contributed by atoms with van der Waals surface area (Å²) in [6.45, 7) is 0. The van der Waals surface area contributed by atoms with Crippen LogP contribution in [0.3, 0.4) is 0 Å². The normalized spacial score (nSPS) is 15.1. The number of benzene rings is 3. The second kappa shape index (κ2) is 8.19. The van der Waals surface area contributed by atoms with Crippen molar-refractivity contribution in [1.82, 2.24) is 0 Å². The fraction of sp³-hybridized carbons (Fsp3) is 0.154. The quantitative estimate of drug-likeness (QED) is 0.283. The van der Waals surface area contributed by atoms with E-state index in [9.17, 15) is 0 Å². The molecule has 0 aliphatic heterocycles. The Morgan fingerprint density at radius 3 is 1.32 bits per heavy atom. The van der Waals surface area contributed by atoms with E-state index >= 15 is 0 Å². The van der Waals surface area contributed by atoms with Gasteiger partial charge in [0.1, 0.15) is 0 Å². The second-order valence-electron chi connectivity index (χ2n) is 7.55. The SMILES string of the molecule is [CH3][Pt]([CH3])([CH2][Si](c1ccccc1)(c1ccccc1)c1ccccc1)[CH]1C=CC=C1. The minimum atomic E-state index is -2.11. The van der Waals surface area contributed by atoms with E-state index in [0.717, 1.165) is 0 Å². The van der Waals surface area contributed by atoms with Crippen LogP contribution in [-0.4, -0.2) is 8.07 Å². The molecule has 2 heteroatoms. The van der Waals surface area contributed by atoms with Crippen LogP contribution in [0.2, 0.25) is 19.4 Å². The summed E-state index contributed by atoms with van der Waals surface area (Å²) in [5.74, 6) is 0. The van der Waals surface area contributed by atoms with E-state index in [0.29, 0.717) is 4.31 Å². The van der Waals surface area contributed by atoms with Crippen LogP contribution < -0.4 is 15.6 Å². The molecule has 0 unspecified atom stereocenters. The van der Waals surface area contributed by atoms with E-state index in [4.69, 9.17) is 0 Å². The molecule has 3 aromatic carbocycles. The number of hydrogen-bond acceptors (Lipinski definition) is 0. The zero-order valence-corrected chi connectivity index (χ0v) is 19.8. The summed E-state index contributed by atoms with van der Waals surface area (Å²) in [7, 11) is -2.11. The summed E-state index contributed by atoms with van der Waals surface area (Å²) in [5, 5.41) is 9.85. The average molecular weight is 564 g/mol. The van der Waals surface area contributed by atoms with Gasteiger partial charge in [0.2, 0.25) is 0 Å². The number of allylic oxidation sites excluding steroid dienone is 4. The molecule has 0 N–H and O–H groups in total. The van der Waals surface area contributed by atoms with Crippen LogP contribution in [-0.2, 0) is 16.1 Å². The van der Waals surface area contributed by atoms with Gasteiger partial charge in [-0.05, 0) is 0 Å². The van der Waals surface area contributed by atoms with Gasteiger partial charge in [0.15, 0.2) is 0 Å². The molecule has 0 heterocycles. The maximum absolute atomic E-state index is 2.62. The second-order valence-corrected chi connectivity index (χ2v) is 24.3. The number of rotatable bonds is 6. The molecule has 0 amide bonds. The first-order valence-corrected chi connectivity index (χ1v) is 19.2. The molecule has 0 saturated carbocycles. The van der Waals surface area contributed by atoms with Crippen molar-refractivity contribution in [2.45, 2.75) is 19.4 Å². The molecule has 0 saturated heterocycles. The molecular weight excluding hydrogens is 535 g/mol. The third kappa shape index (κ3) is 3.66. The molecule has 4 rings (SSSR count). The van der Waals surface area contributed by atoms with Gasteiger partial charge in [-0.15, -0.1) is 0 Å². The third-order valence-corrected chi connectivity index (χ3v) is 25.2. The first-order valence-electron chi connectivity index (χ1n) is 9.54. The van der Waals surface area contributed by atoms with Crippen molar-refractivity contribution in [3.63, 3.8) is 0 Å². The zero-order valence-electron chi connectivity index (χ0n) is 16.6. The standard InChI is InChI=1S/C19H17Si.C5H5.2CH3.Pt/c1-20(17-11-5-2-6-12-17,18-13-7-3-8-14-18)19-15-9-4-10-16-19;1-2-4-5-3-1;;;/h2-16H,1H2;1-5H;2*1H3;. The van der Waals surface area contributed by atoms with Crippen molar-refractivity contribution in [3.8, 4) is 0 Å². The van der Waals surface area contributed by atoms with Crippen molar-refractivity contribution in [3.05, 3.63) is 115 Å². The van der Waals surface area contributed by atoms with E-state index in [2.05, 4.69) is 126 Å². The topological polar surface area (TPSA) is 0 Å². The Morgan fingerprint density at radius 1 is 0.607 bits per heavy atom. The van der Waals surface area contributed by atoms with Gasteiger partial charge in [-0.25, -0.2) is 0 Å². The predicted octanol–water partition coefficient (Wildman–Crippen LogP) is 5.28. The van der Waals surface area contributed by atoms with E-state index in [-0.39, 0.29) is 0 Å². The fourth-order valence-electron chi connectivity index (χ4n) is 4.09. The maximum atomic E-state index is 2.62. The van der Waals surface area contributed by atoms with Crippen LogP contribution in [0.1, 0.15) is 0 Å². The van der Waals surface area contributed by atoms with Gasteiger partial charge in [-0.1, -0.05) is 0 Å². The Bertz CT molecular complexity index is 850. The zero-order chi connectivity index (χ0) is 19.5. The molecule has 0 spiro atoms. The van der Waals surface area contributed by atoms with Crippen molar-refractivity contribution >= 4 is 23.6 Å². The molecule has 28 heavy (non-hydrogen) atoms. The summed E-state index contributed by atoms with van der Waals surface area (Å²) in [4.78, 5) is 0. The van der Waals surface area contributed by atoms with Crippen LogP contribution in [0.25, 0.3) is 0 Å². The summed E-state index contributed by atoms with van der Waals surface area (Å²) < 4.78 is 2.01. The average Bonchev–Trinajstić information content (AvgIpc) is 3.30. The first-order chi connectivity index (χ1) is 13.6. The molecule has 0 nitrogen and oxygen atoms in total. The van der Waals surface area contributed by atoms with Crippen LogP contribution in [0.5, 0.6) is 0 Å². The molecule has 0 aromatic heterocycles. The van der Waals surface area contributed by atoms with Crippen molar-refractivity contribution in [2.75, 3.05) is 0 Å². The molecular formula is C26H28PtSi. The minimum absolute atomic E-state index is 0.663. The van der Waals surface area contributed by atoms with Gasteiger partial charge < -0.3 is 0 Å². The molecule has 3 aromatic rings. The van der Waals surface area contributed by atoms with Gasteiger partial charge in [0.05, 0.1) is 0 Å². The van der Waals surface area contributed by atoms with Crippen molar-refractivity contribution < 1.29 is 16.1 Å². The van der Waals surface area contributed by atoms with E-state index < -0.39 is 24.1 Å². The molecule has 146 valence electrons. The van der Waals surface area contributed by atoms with Crippen molar-refractivity contribution in [2.24, 2.45) is 0 Å². The Hall–Kier alpha value is -1.95. The van der Waals surface area contributed by atoms with E-state index in [1.54, 1.807) is 0 Å². The monoisotopic (exact) mass is 563 g/mol. The Labute approximate surface area is 173 Å². The summed E-state index contributed by atoms with van der Waals surface area (Å²) >= 11 is -2.08. The van der Waals surface area contributed by atoms with Crippen molar-refractivity contribution in [1.29, 1.82) is 0 Å².